The summed E-state index contributed by atoms with van der Waals surface area (Å²) in [4.78, 5) is 6.56. The second kappa shape index (κ2) is 6.64. The summed E-state index contributed by atoms with van der Waals surface area (Å²) in [5.41, 5.74) is 4.47. The molecule has 0 radical (unpaired) electrons. The molecule has 140 valence electrons. The van der Waals surface area contributed by atoms with E-state index in [4.69, 9.17) is 0 Å². The number of rotatable bonds is 4. The Balaban J connectivity index is 1.37. The van der Waals surface area contributed by atoms with Gasteiger partial charge in [0.15, 0.2) is 0 Å². The Hall–Kier alpha value is -2.40. The zero-order chi connectivity index (χ0) is 18.4. The van der Waals surface area contributed by atoms with E-state index < -0.39 is 6.10 Å². The van der Waals surface area contributed by atoms with E-state index in [1.54, 1.807) is 6.33 Å². The number of fused-ring (bicyclic) bond motifs is 1. The number of aliphatic hydroxyl groups is 1. The summed E-state index contributed by atoms with van der Waals surface area (Å²) in [6.45, 7) is 1.77. The quantitative estimate of drug-likeness (QED) is 0.749. The lowest BCUT2D eigenvalue weighted by molar-refractivity contribution is 0.0931. The van der Waals surface area contributed by atoms with Gasteiger partial charge in [0.2, 0.25) is 0 Å². The zero-order valence-corrected chi connectivity index (χ0v) is 15.3. The van der Waals surface area contributed by atoms with Crippen molar-refractivity contribution in [1.82, 2.24) is 9.38 Å². The van der Waals surface area contributed by atoms with Gasteiger partial charge in [0.1, 0.15) is 5.82 Å². The Morgan fingerprint density at radius 2 is 1.78 bits per heavy atom. The van der Waals surface area contributed by atoms with E-state index in [2.05, 4.69) is 22.1 Å². The molecule has 1 aromatic carbocycles. The van der Waals surface area contributed by atoms with Gasteiger partial charge in [-0.25, -0.2) is 9.37 Å². The Labute approximate surface area is 158 Å². The first-order valence-corrected chi connectivity index (χ1v) is 9.84. The van der Waals surface area contributed by atoms with E-state index in [1.165, 1.54) is 30.5 Å². The number of aliphatic hydroxyl groups excluding tert-OH is 1. The average molecular weight is 365 g/mol. The minimum absolute atomic E-state index is 0.203. The summed E-state index contributed by atoms with van der Waals surface area (Å²) < 4.78 is 15.2. The first-order valence-electron chi connectivity index (χ1n) is 9.84. The van der Waals surface area contributed by atoms with Crippen LogP contribution >= 0.6 is 0 Å². The van der Waals surface area contributed by atoms with Crippen LogP contribution in [0.5, 0.6) is 0 Å². The molecule has 2 fully saturated rings. The van der Waals surface area contributed by atoms with Crippen molar-refractivity contribution >= 4 is 11.2 Å². The van der Waals surface area contributed by atoms with Gasteiger partial charge in [-0.2, -0.15) is 0 Å². The van der Waals surface area contributed by atoms with Gasteiger partial charge >= 0.3 is 0 Å². The first kappa shape index (κ1) is 16.8. The molecule has 0 spiro atoms. The molecule has 2 aliphatic rings. The van der Waals surface area contributed by atoms with Crippen LogP contribution in [0.25, 0.3) is 5.52 Å². The van der Waals surface area contributed by atoms with E-state index in [-0.39, 0.29) is 11.7 Å². The molecule has 1 atom stereocenters. The van der Waals surface area contributed by atoms with E-state index in [0.29, 0.717) is 5.92 Å². The summed E-state index contributed by atoms with van der Waals surface area (Å²) in [5.74, 6) is 0.625. The zero-order valence-electron chi connectivity index (χ0n) is 15.3. The van der Waals surface area contributed by atoms with Crippen LogP contribution in [0, 0.1) is 11.7 Å². The Bertz CT molecular complexity index is 940. The predicted molar refractivity (Wildman–Crippen MR) is 103 cm³/mol. The van der Waals surface area contributed by atoms with Crippen LogP contribution in [0.4, 0.5) is 10.1 Å². The van der Waals surface area contributed by atoms with Gasteiger partial charge in [0, 0.05) is 30.5 Å². The van der Waals surface area contributed by atoms with Crippen LogP contribution in [0.3, 0.4) is 0 Å². The number of hydrogen-bond acceptors (Lipinski definition) is 3. The number of aromatic nitrogens is 2. The van der Waals surface area contributed by atoms with Gasteiger partial charge in [-0.3, -0.25) is 0 Å². The minimum atomic E-state index is -0.462. The molecule has 5 rings (SSSR count). The number of piperidine rings is 1. The summed E-state index contributed by atoms with van der Waals surface area (Å²) in [5, 5.41) is 11.3. The minimum Gasteiger partial charge on any atom is -0.388 e. The van der Waals surface area contributed by atoms with Gasteiger partial charge in [-0.15, -0.1) is 0 Å². The highest BCUT2D eigenvalue weighted by Gasteiger charge is 2.33. The van der Waals surface area contributed by atoms with Crippen molar-refractivity contribution in [2.45, 2.75) is 37.7 Å². The Morgan fingerprint density at radius 1 is 1.04 bits per heavy atom. The number of hydrogen-bond donors (Lipinski definition) is 1. The van der Waals surface area contributed by atoms with Crippen LogP contribution in [-0.2, 0) is 0 Å². The third-order valence-electron chi connectivity index (χ3n) is 6.16. The van der Waals surface area contributed by atoms with E-state index in [0.717, 1.165) is 42.7 Å². The molecule has 1 aliphatic carbocycles. The molecular formula is C22H24FN3O. The van der Waals surface area contributed by atoms with Crippen LogP contribution < -0.4 is 4.90 Å². The number of halogens is 1. The molecule has 3 heterocycles. The number of nitrogens with zero attached hydrogens (tertiary/aromatic N) is 3. The molecule has 1 saturated carbocycles. The summed E-state index contributed by atoms with van der Waals surface area (Å²) >= 11 is 0. The fourth-order valence-corrected chi connectivity index (χ4v) is 4.46. The number of pyridine rings is 1. The highest BCUT2D eigenvalue weighted by Crippen LogP contribution is 2.46. The summed E-state index contributed by atoms with van der Waals surface area (Å²) in [6, 6.07) is 8.87. The van der Waals surface area contributed by atoms with Gasteiger partial charge in [-0.1, -0.05) is 0 Å². The highest BCUT2D eigenvalue weighted by atomic mass is 19.1. The average Bonchev–Trinajstić information content (AvgIpc) is 3.44. The van der Waals surface area contributed by atoms with Crippen molar-refractivity contribution in [3.8, 4) is 0 Å². The summed E-state index contributed by atoms with van der Waals surface area (Å²) in [7, 11) is 0. The Morgan fingerprint density at radius 3 is 2.48 bits per heavy atom. The normalized spacial score (nSPS) is 19.6. The van der Waals surface area contributed by atoms with Crippen LogP contribution in [-0.4, -0.2) is 27.6 Å². The van der Waals surface area contributed by atoms with Gasteiger partial charge in [0.05, 0.1) is 24.1 Å². The standard InChI is InChI=1S/C22H24FN3O/c23-17-3-5-18(6-4-17)25-10-7-16(8-11-25)22(27)21-19(15-1-2-15)9-12-26-14-24-13-20(21)26/h3-6,9,12-16,22,27H,1-2,7-8,10-11H2/t22-/m1/s1. The van der Waals surface area contributed by atoms with Gasteiger partial charge in [-0.05, 0) is 73.4 Å². The van der Waals surface area contributed by atoms with Crippen molar-refractivity contribution in [3.63, 3.8) is 0 Å². The molecule has 1 N–H and O–H groups in total. The lowest BCUT2D eigenvalue weighted by Gasteiger charge is -2.36. The van der Waals surface area contributed by atoms with Crippen molar-refractivity contribution in [1.29, 1.82) is 0 Å². The maximum Gasteiger partial charge on any atom is 0.123 e. The van der Waals surface area contributed by atoms with Crippen LogP contribution in [0.15, 0.2) is 49.1 Å². The molecule has 27 heavy (non-hydrogen) atoms. The highest BCUT2D eigenvalue weighted by molar-refractivity contribution is 5.59. The molecule has 0 bridgehead atoms. The maximum atomic E-state index is 13.2. The molecule has 1 aliphatic heterocycles. The molecule has 5 heteroatoms. The number of imidazole rings is 1. The molecule has 4 nitrogen and oxygen atoms in total. The lowest BCUT2D eigenvalue weighted by Crippen LogP contribution is -2.35. The van der Waals surface area contributed by atoms with E-state index in [1.807, 2.05) is 22.7 Å². The SMILES string of the molecule is O[C@@H](c1c(C2CC2)ccn2cncc12)C1CCN(c2ccc(F)cc2)CC1. The third kappa shape index (κ3) is 3.10. The molecule has 3 aromatic rings. The van der Waals surface area contributed by atoms with Gasteiger partial charge in [0.25, 0.3) is 0 Å². The predicted octanol–water partition coefficient (Wildman–Crippen LogP) is 4.30. The van der Waals surface area contributed by atoms with Crippen molar-refractivity contribution in [2.75, 3.05) is 18.0 Å². The topological polar surface area (TPSA) is 40.8 Å². The largest absolute Gasteiger partial charge is 0.388 e. The van der Waals surface area contributed by atoms with Crippen molar-refractivity contribution in [3.05, 3.63) is 66.0 Å². The molecule has 1 saturated heterocycles. The molecule has 0 amide bonds. The first-order chi connectivity index (χ1) is 13.2. The van der Waals surface area contributed by atoms with E-state index in [9.17, 15) is 9.50 Å². The second-order valence-electron chi connectivity index (χ2n) is 7.89. The van der Waals surface area contributed by atoms with Crippen LogP contribution in [0.2, 0.25) is 0 Å². The maximum absolute atomic E-state index is 13.2. The second-order valence-corrected chi connectivity index (χ2v) is 7.89. The smallest absolute Gasteiger partial charge is 0.123 e. The molecule has 2 aromatic heterocycles. The van der Waals surface area contributed by atoms with Crippen molar-refractivity contribution in [2.24, 2.45) is 5.92 Å². The Kier molecular flexibility index (Phi) is 4.12. The fraction of sp³-hybridized carbons (Fsp3) is 0.409. The third-order valence-corrected chi connectivity index (χ3v) is 6.16. The summed E-state index contributed by atoms with van der Waals surface area (Å²) in [6.07, 6.45) is 9.56. The van der Waals surface area contributed by atoms with E-state index >= 15 is 0 Å². The number of anilines is 1. The fourth-order valence-electron chi connectivity index (χ4n) is 4.46. The molecular weight excluding hydrogens is 341 g/mol. The van der Waals surface area contributed by atoms with Crippen LogP contribution in [0.1, 0.15) is 48.8 Å². The lowest BCUT2D eigenvalue weighted by atomic mass is 9.84. The number of benzene rings is 1. The van der Waals surface area contributed by atoms with Crippen molar-refractivity contribution < 1.29 is 9.50 Å². The van der Waals surface area contributed by atoms with Gasteiger partial charge < -0.3 is 14.4 Å². The monoisotopic (exact) mass is 365 g/mol. The molecule has 0 unspecified atom stereocenters.